The van der Waals surface area contributed by atoms with Crippen LogP contribution in [0, 0.1) is 0 Å². The summed E-state index contributed by atoms with van der Waals surface area (Å²) >= 11 is 0. The first-order valence-corrected chi connectivity index (χ1v) is 5.19. The van der Waals surface area contributed by atoms with E-state index in [2.05, 4.69) is 6.92 Å². The van der Waals surface area contributed by atoms with E-state index >= 15 is 0 Å². The summed E-state index contributed by atoms with van der Waals surface area (Å²) in [6.07, 6.45) is 7.44. The Kier molecular flexibility index (Phi) is 3.59. The molecule has 12 heavy (non-hydrogen) atoms. The van der Waals surface area contributed by atoms with Gasteiger partial charge in [-0.25, -0.2) is 0 Å². The van der Waals surface area contributed by atoms with Crippen molar-refractivity contribution >= 4 is 0 Å². The van der Waals surface area contributed by atoms with Crippen molar-refractivity contribution in [1.82, 2.24) is 0 Å². The molecule has 2 rings (SSSR count). The van der Waals surface area contributed by atoms with Crippen LogP contribution in [0.4, 0.5) is 0 Å². The molecule has 0 radical (unpaired) electrons. The highest BCUT2D eigenvalue weighted by Gasteiger charge is 2.38. The first kappa shape index (κ1) is 10.5. The molecule has 0 aromatic carbocycles. The molecule has 2 fully saturated rings. The topological polar surface area (TPSA) is 0 Å². The summed E-state index contributed by atoms with van der Waals surface area (Å²) in [7, 11) is 0. The molecule has 0 aliphatic carbocycles. The van der Waals surface area contributed by atoms with Gasteiger partial charge >= 0.3 is 0 Å². The maximum atomic E-state index is 2.46. The molecule has 1 nitrogen and oxygen atoms in total. The number of hydrogen-bond donors (Lipinski definition) is 0. The van der Waals surface area contributed by atoms with Crippen LogP contribution in [0.1, 0.15) is 39.0 Å². The molecule has 0 aromatic rings. The van der Waals surface area contributed by atoms with Crippen molar-refractivity contribution in [3.05, 3.63) is 0 Å². The first-order valence-electron chi connectivity index (χ1n) is 5.19. The van der Waals surface area contributed by atoms with Crippen molar-refractivity contribution in [3.63, 3.8) is 0 Å². The van der Waals surface area contributed by atoms with Crippen LogP contribution in [0.2, 0.25) is 0 Å². The van der Waals surface area contributed by atoms with Crippen LogP contribution in [-0.2, 0) is 0 Å². The van der Waals surface area contributed by atoms with Crippen molar-refractivity contribution in [3.8, 4) is 0 Å². The minimum atomic E-state index is 0. The van der Waals surface area contributed by atoms with E-state index < -0.39 is 0 Å². The predicted molar refractivity (Wildman–Crippen MR) is 47.4 cm³/mol. The van der Waals surface area contributed by atoms with Crippen molar-refractivity contribution < 1.29 is 21.5 Å². The Morgan fingerprint density at radius 3 is 1.92 bits per heavy atom. The van der Waals surface area contributed by atoms with Crippen LogP contribution in [0.3, 0.4) is 0 Å². The van der Waals surface area contributed by atoms with Gasteiger partial charge in [0.1, 0.15) is 0 Å². The Hall–Kier alpha value is 0.440. The van der Waals surface area contributed by atoms with Crippen molar-refractivity contribution in [2.75, 3.05) is 19.6 Å². The van der Waals surface area contributed by atoms with Gasteiger partial charge in [-0.1, -0.05) is 0 Å². The molecule has 2 aliphatic heterocycles. The third kappa shape index (κ3) is 1.69. The van der Waals surface area contributed by atoms with E-state index in [-0.39, 0.29) is 17.0 Å². The molecule has 1 atom stereocenters. The number of quaternary nitrogens is 1. The maximum Gasteiger partial charge on any atom is 0.0861 e. The fourth-order valence-corrected chi connectivity index (χ4v) is 2.99. The number of halogens is 1. The second kappa shape index (κ2) is 4.10. The van der Waals surface area contributed by atoms with Crippen molar-refractivity contribution in [2.24, 2.45) is 0 Å². The lowest BCUT2D eigenvalue weighted by Crippen LogP contribution is -3.00. The SMILES string of the molecule is CC1CCCC[N+]12CCCC2.[Br-]. The van der Waals surface area contributed by atoms with E-state index in [1.54, 1.807) is 0 Å². The maximum absolute atomic E-state index is 2.46. The molecular formula is C10H20BrN. The van der Waals surface area contributed by atoms with E-state index in [0.717, 1.165) is 6.04 Å². The van der Waals surface area contributed by atoms with Crippen LogP contribution in [-0.4, -0.2) is 30.2 Å². The normalized spacial score (nSPS) is 33.2. The smallest absolute Gasteiger partial charge is 0.0861 e. The number of rotatable bonds is 0. The summed E-state index contributed by atoms with van der Waals surface area (Å²) in [6.45, 7) is 6.92. The van der Waals surface area contributed by atoms with Gasteiger partial charge in [-0.15, -0.1) is 0 Å². The lowest BCUT2D eigenvalue weighted by Gasteiger charge is -2.43. The van der Waals surface area contributed by atoms with Gasteiger partial charge in [-0.3, -0.25) is 0 Å². The van der Waals surface area contributed by atoms with Gasteiger partial charge in [0.15, 0.2) is 0 Å². The van der Waals surface area contributed by atoms with E-state index in [4.69, 9.17) is 0 Å². The molecule has 0 N–H and O–H groups in total. The lowest BCUT2D eigenvalue weighted by molar-refractivity contribution is -0.943. The Morgan fingerprint density at radius 1 is 0.917 bits per heavy atom. The number of piperidine rings is 1. The average Bonchev–Trinajstić information content (AvgIpc) is 2.46. The van der Waals surface area contributed by atoms with Gasteiger partial charge in [-0.2, -0.15) is 0 Å². The first-order chi connectivity index (χ1) is 5.33. The zero-order valence-electron chi connectivity index (χ0n) is 8.06. The molecule has 2 heteroatoms. The number of nitrogens with zero attached hydrogens (tertiary/aromatic N) is 1. The highest BCUT2D eigenvalue weighted by atomic mass is 79.9. The summed E-state index contributed by atoms with van der Waals surface area (Å²) in [5.74, 6) is 0. The molecule has 0 bridgehead atoms. The van der Waals surface area contributed by atoms with E-state index in [1.165, 1.54) is 56.2 Å². The molecule has 0 aromatic heterocycles. The summed E-state index contributed by atoms with van der Waals surface area (Å²) in [4.78, 5) is 0. The molecule has 2 heterocycles. The molecule has 0 saturated carbocycles. The second-order valence-electron chi connectivity index (χ2n) is 4.44. The van der Waals surface area contributed by atoms with Crippen LogP contribution >= 0.6 is 0 Å². The van der Waals surface area contributed by atoms with E-state index in [1.807, 2.05) is 0 Å². The van der Waals surface area contributed by atoms with Crippen LogP contribution in [0.5, 0.6) is 0 Å². The minimum Gasteiger partial charge on any atom is -1.00 e. The summed E-state index contributed by atoms with van der Waals surface area (Å²) in [5.41, 5.74) is 0. The second-order valence-corrected chi connectivity index (χ2v) is 4.44. The predicted octanol–water partition coefficient (Wildman–Crippen LogP) is -0.827. The van der Waals surface area contributed by atoms with E-state index in [0.29, 0.717) is 0 Å². The van der Waals surface area contributed by atoms with Crippen molar-refractivity contribution in [2.45, 2.75) is 45.1 Å². The molecule has 1 unspecified atom stereocenters. The van der Waals surface area contributed by atoms with Gasteiger partial charge < -0.3 is 21.5 Å². The monoisotopic (exact) mass is 233 g/mol. The van der Waals surface area contributed by atoms with Crippen LogP contribution in [0.15, 0.2) is 0 Å². The summed E-state index contributed by atoms with van der Waals surface area (Å²) in [6, 6.07) is 0.978. The summed E-state index contributed by atoms with van der Waals surface area (Å²) < 4.78 is 1.49. The highest BCUT2D eigenvalue weighted by Crippen LogP contribution is 2.30. The van der Waals surface area contributed by atoms with Gasteiger partial charge in [0, 0.05) is 12.8 Å². The van der Waals surface area contributed by atoms with Gasteiger partial charge in [0.25, 0.3) is 0 Å². The fourth-order valence-electron chi connectivity index (χ4n) is 2.99. The fraction of sp³-hybridized carbons (Fsp3) is 1.00. The third-order valence-electron chi connectivity index (χ3n) is 3.87. The zero-order valence-corrected chi connectivity index (χ0v) is 9.65. The van der Waals surface area contributed by atoms with Crippen molar-refractivity contribution in [1.29, 1.82) is 0 Å². The zero-order chi connectivity index (χ0) is 7.73. The van der Waals surface area contributed by atoms with Crippen LogP contribution < -0.4 is 17.0 Å². The summed E-state index contributed by atoms with van der Waals surface area (Å²) in [5, 5.41) is 0. The standard InChI is InChI=1S/C10H20N.BrH/c1-10-6-2-3-7-11(10)8-4-5-9-11;/h10H,2-9H2,1H3;1H/q+1;/p-1. The molecular weight excluding hydrogens is 214 g/mol. The Bertz CT molecular complexity index is 141. The third-order valence-corrected chi connectivity index (χ3v) is 3.87. The van der Waals surface area contributed by atoms with E-state index in [9.17, 15) is 0 Å². The molecule has 2 saturated heterocycles. The quantitative estimate of drug-likeness (QED) is 0.480. The van der Waals surface area contributed by atoms with Gasteiger partial charge in [0.05, 0.1) is 25.7 Å². The van der Waals surface area contributed by atoms with Gasteiger partial charge in [-0.05, 0) is 26.2 Å². The molecule has 0 amide bonds. The molecule has 72 valence electrons. The Balaban J connectivity index is 0.000000720. The lowest BCUT2D eigenvalue weighted by atomic mass is 10.0. The molecule has 1 spiro atoms. The average molecular weight is 234 g/mol. The largest absolute Gasteiger partial charge is 1.00 e. The minimum absolute atomic E-state index is 0. The molecule has 2 aliphatic rings. The highest BCUT2D eigenvalue weighted by molar-refractivity contribution is 4.66. The Labute approximate surface area is 86.5 Å². The Morgan fingerprint density at radius 2 is 1.42 bits per heavy atom. The van der Waals surface area contributed by atoms with Gasteiger partial charge in [0.2, 0.25) is 0 Å². The van der Waals surface area contributed by atoms with Crippen LogP contribution in [0.25, 0.3) is 0 Å². The number of hydrogen-bond acceptors (Lipinski definition) is 0.